The third kappa shape index (κ3) is 2.52. The molecule has 5 fully saturated rings. The molecule has 0 aliphatic heterocycles. The summed E-state index contributed by atoms with van der Waals surface area (Å²) in [6.07, 6.45) is 16.8. The van der Waals surface area contributed by atoms with Crippen LogP contribution < -0.4 is 0 Å². The Balaban J connectivity index is 1.48. The third-order valence-electron chi connectivity index (χ3n) is 14.8. The summed E-state index contributed by atoms with van der Waals surface area (Å²) >= 11 is 0. The molecule has 9 atom stereocenters. The summed E-state index contributed by atoms with van der Waals surface area (Å²) in [6, 6.07) is 0. The minimum absolute atomic E-state index is 0.00375. The molecule has 5 saturated carbocycles. The van der Waals surface area contributed by atoms with Gasteiger partial charge in [-0.15, -0.1) is 0 Å². The van der Waals surface area contributed by atoms with Gasteiger partial charge in [0.1, 0.15) is 0 Å². The molecule has 0 aromatic carbocycles. The van der Waals surface area contributed by atoms with Gasteiger partial charge in [0.05, 0.1) is 11.5 Å². The molecule has 3 heteroatoms. The molecule has 0 radical (unpaired) electrons. The van der Waals surface area contributed by atoms with E-state index in [2.05, 4.69) is 47.6 Å². The number of aliphatic carboxylic acids is 1. The van der Waals surface area contributed by atoms with Crippen LogP contribution in [0.25, 0.3) is 0 Å². The van der Waals surface area contributed by atoms with Gasteiger partial charge in [-0.3, -0.25) is 4.79 Å². The average Bonchev–Trinajstić information content (AvgIpc) is 3.49. The van der Waals surface area contributed by atoms with Gasteiger partial charge in [0.25, 0.3) is 0 Å². The maximum Gasteiger partial charge on any atom is 0.310 e. The van der Waals surface area contributed by atoms with Gasteiger partial charge in [-0.05, 0) is 121 Å². The first-order valence-corrected chi connectivity index (χ1v) is 15.0. The molecule has 35 heavy (non-hydrogen) atoms. The van der Waals surface area contributed by atoms with Crippen LogP contribution in [0.2, 0.25) is 0 Å². The van der Waals surface area contributed by atoms with Crippen LogP contribution in [0.5, 0.6) is 0 Å². The van der Waals surface area contributed by atoms with Gasteiger partial charge >= 0.3 is 5.97 Å². The normalized spacial score (nSPS) is 55.9. The van der Waals surface area contributed by atoms with Crippen molar-refractivity contribution in [2.24, 2.45) is 49.7 Å². The summed E-state index contributed by atoms with van der Waals surface area (Å²) in [7, 11) is 0. The monoisotopic (exact) mass is 482 g/mol. The van der Waals surface area contributed by atoms with Crippen molar-refractivity contribution in [2.75, 3.05) is 0 Å². The fourth-order valence-corrected chi connectivity index (χ4v) is 12.2. The number of allylic oxidation sites excluding steroid dienone is 2. The Hall–Kier alpha value is -0.830. The van der Waals surface area contributed by atoms with Crippen molar-refractivity contribution < 1.29 is 15.0 Å². The van der Waals surface area contributed by atoms with Crippen LogP contribution in [0.15, 0.2) is 11.6 Å². The molecule has 6 aliphatic carbocycles. The molecule has 0 saturated heterocycles. The largest absolute Gasteiger partial charge is 0.481 e. The molecule has 2 N–H and O–H groups in total. The summed E-state index contributed by atoms with van der Waals surface area (Å²) in [5.41, 5.74) is 2.44. The van der Waals surface area contributed by atoms with E-state index in [-0.39, 0.29) is 33.7 Å². The van der Waals surface area contributed by atoms with Crippen LogP contribution >= 0.6 is 0 Å². The lowest BCUT2D eigenvalue weighted by atomic mass is 9.35. The first kappa shape index (κ1) is 24.5. The molecule has 6 rings (SSSR count). The molecule has 0 heterocycles. The molecular weight excluding hydrogens is 432 g/mol. The molecule has 6 aliphatic rings. The maximum absolute atomic E-state index is 12.9. The highest BCUT2D eigenvalue weighted by atomic mass is 16.4. The fraction of sp³-hybridized carbons (Fsp3) is 0.906. The summed E-state index contributed by atoms with van der Waals surface area (Å²) in [5, 5.41) is 21.6. The van der Waals surface area contributed by atoms with Crippen molar-refractivity contribution in [3.63, 3.8) is 0 Å². The first-order valence-electron chi connectivity index (χ1n) is 15.0. The molecule has 0 aromatic heterocycles. The highest BCUT2D eigenvalue weighted by Gasteiger charge is 2.84. The lowest BCUT2D eigenvalue weighted by Crippen LogP contribution is -2.63. The first-order chi connectivity index (χ1) is 16.3. The molecule has 196 valence electrons. The van der Waals surface area contributed by atoms with Gasteiger partial charge in [0.2, 0.25) is 0 Å². The van der Waals surface area contributed by atoms with E-state index in [1.807, 2.05) is 0 Å². The number of hydrogen-bond donors (Lipinski definition) is 2. The van der Waals surface area contributed by atoms with Gasteiger partial charge < -0.3 is 10.2 Å². The van der Waals surface area contributed by atoms with E-state index in [0.29, 0.717) is 16.7 Å². The molecule has 0 aromatic rings. The zero-order valence-electron chi connectivity index (χ0n) is 23.3. The lowest BCUT2D eigenvalue weighted by Gasteiger charge is -2.69. The Bertz CT molecular complexity index is 981. The van der Waals surface area contributed by atoms with Crippen LogP contribution in [-0.2, 0) is 4.79 Å². The molecule has 8 unspecified atom stereocenters. The van der Waals surface area contributed by atoms with Gasteiger partial charge in [-0.25, -0.2) is 0 Å². The van der Waals surface area contributed by atoms with Crippen LogP contribution in [0.3, 0.4) is 0 Å². The summed E-state index contributed by atoms with van der Waals surface area (Å²) < 4.78 is 0. The number of aliphatic hydroxyl groups is 1. The fourth-order valence-electron chi connectivity index (χ4n) is 12.2. The van der Waals surface area contributed by atoms with E-state index >= 15 is 0 Å². The van der Waals surface area contributed by atoms with Gasteiger partial charge in [0, 0.05) is 0 Å². The van der Waals surface area contributed by atoms with Crippen molar-refractivity contribution in [3.8, 4) is 0 Å². The Morgan fingerprint density at radius 3 is 2.34 bits per heavy atom. The number of hydrogen-bond acceptors (Lipinski definition) is 2. The molecule has 0 bridgehead atoms. The van der Waals surface area contributed by atoms with Crippen molar-refractivity contribution in [1.82, 2.24) is 0 Å². The minimum atomic E-state index is -0.546. The zero-order chi connectivity index (χ0) is 25.3. The van der Waals surface area contributed by atoms with Crippen LogP contribution in [-0.4, -0.2) is 22.3 Å². The molecule has 3 nitrogen and oxygen atoms in total. The zero-order valence-corrected chi connectivity index (χ0v) is 23.3. The number of fused-ring (bicyclic) bond motifs is 4. The summed E-state index contributed by atoms with van der Waals surface area (Å²) in [5.74, 6) is 0.306. The Morgan fingerprint density at radius 1 is 0.971 bits per heavy atom. The predicted molar refractivity (Wildman–Crippen MR) is 140 cm³/mol. The second-order valence-electron chi connectivity index (χ2n) is 15.4. The molecular formula is C32H50O3. The van der Waals surface area contributed by atoms with Gasteiger partial charge in [0.15, 0.2) is 0 Å². The number of carbonyl (C=O) groups is 1. The van der Waals surface area contributed by atoms with Crippen molar-refractivity contribution >= 4 is 5.97 Å². The van der Waals surface area contributed by atoms with Gasteiger partial charge in [-0.1, -0.05) is 59.6 Å². The van der Waals surface area contributed by atoms with Crippen molar-refractivity contribution in [2.45, 2.75) is 131 Å². The Morgan fingerprint density at radius 2 is 1.69 bits per heavy atom. The van der Waals surface area contributed by atoms with E-state index < -0.39 is 11.4 Å². The Labute approximate surface area is 213 Å². The number of rotatable bonds is 3. The second kappa shape index (κ2) is 6.97. The lowest BCUT2D eigenvalue weighted by molar-refractivity contribution is -0.180. The SMILES string of the molecule is CCC12CCC3(C(=O)O)CC[C@](C)(CC)CC3C1=CCC13CC14CCC(O)C(C)(C)C4CCC23C. The Kier molecular flexibility index (Phi) is 4.88. The maximum atomic E-state index is 12.9. The van der Waals surface area contributed by atoms with E-state index in [4.69, 9.17) is 0 Å². The smallest absolute Gasteiger partial charge is 0.310 e. The minimum Gasteiger partial charge on any atom is -0.481 e. The van der Waals surface area contributed by atoms with E-state index in [9.17, 15) is 15.0 Å². The van der Waals surface area contributed by atoms with E-state index in [0.717, 1.165) is 57.8 Å². The highest BCUT2D eigenvalue weighted by molar-refractivity contribution is 5.76. The summed E-state index contributed by atoms with van der Waals surface area (Å²) in [4.78, 5) is 12.9. The number of aliphatic hydroxyl groups excluding tert-OH is 1. The molecule has 2 spiro atoms. The van der Waals surface area contributed by atoms with Crippen molar-refractivity contribution in [3.05, 3.63) is 11.6 Å². The highest BCUT2D eigenvalue weighted by Crippen LogP contribution is 2.91. The third-order valence-corrected chi connectivity index (χ3v) is 14.8. The van der Waals surface area contributed by atoms with Crippen molar-refractivity contribution in [1.29, 1.82) is 0 Å². The van der Waals surface area contributed by atoms with Crippen LogP contribution in [0.1, 0.15) is 125 Å². The predicted octanol–water partition coefficient (Wildman–Crippen LogP) is 7.77. The van der Waals surface area contributed by atoms with Crippen LogP contribution in [0, 0.1) is 49.7 Å². The summed E-state index contributed by atoms with van der Waals surface area (Å²) in [6.45, 7) is 14.5. The number of carboxylic acid groups (broad SMARTS) is 1. The number of carboxylic acids is 1. The van der Waals surface area contributed by atoms with E-state index in [1.165, 1.54) is 25.7 Å². The van der Waals surface area contributed by atoms with Crippen LogP contribution in [0.4, 0.5) is 0 Å². The quantitative estimate of drug-likeness (QED) is 0.404. The van der Waals surface area contributed by atoms with Gasteiger partial charge in [-0.2, -0.15) is 0 Å². The van der Waals surface area contributed by atoms with E-state index in [1.54, 1.807) is 5.57 Å². The molecule has 0 amide bonds. The average molecular weight is 483 g/mol. The standard InChI is InChI=1S/C32H50O3/c1-7-27(5)15-16-29(25(34)35)17-18-30(8-2)21(22(29)19-27)9-14-32-20-31(32)13-11-24(33)26(3,4)23(31)10-12-28(30,32)6/h9,22-24,33H,7-8,10-20H2,1-6H3,(H,34,35)/t22?,23?,24?,27-,28?,29?,30?,31?,32?/m0/s1. The second-order valence-corrected chi connectivity index (χ2v) is 15.4. The topological polar surface area (TPSA) is 57.5 Å².